The van der Waals surface area contributed by atoms with E-state index in [1.807, 2.05) is 23.7 Å². The van der Waals surface area contributed by atoms with Crippen LogP contribution in [-0.2, 0) is 4.79 Å². The largest absolute Gasteiger partial charge is 0.471 e. The third-order valence-electron chi connectivity index (χ3n) is 4.91. The summed E-state index contributed by atoms with van der Waals surface area (Å²) in [5.41, 5.74) is 3.28. The van der Waals surface area contributed by atoms with Gasteiger partial charge >= 0.3 is 12.1 Å². The first-order chi connectivity index (χ1) is 14.2. The van der Waals surface area contributed by atoms with E-state index < -0.39 is 18.1 Å². The molecule has 0 aliphatic carbocycles. The summed E-state index contributed by atoms with van der Waals surface area (Å²) in [6.07, 6.45) is -1.72. The molecule has 7 nitrogen and oxygen atoms in total. The van der Waals surface area contributed by atoms with Crippen molar-refractivity contribution in [1.82, 2.24) is 25.1 Å². The number of hydrogen-bond donors (Lipinski definition) is 1. The van der Waals surface area contributed by atoms with Crippen LogP contribution < -0.4 is 5.32 Å². The molecule has 0 fully saturated rings. The van der Waals surface area contributed by atoms with Crippen LogP contribution in [0.3, 0.4) is 0 Å². The Morgan fingerprint density at radius 3 is 2.57 bits per heavy atom. The summed E-state index contributed by atoms with van der Waals surface area (Å²) in [7, 11) is 0. The molecule has 0 saturated carbocycles. The van der Waals surface area contributed by atoms with E-state index >= 15 is 0 Å². The Hall–Kier alpha value is -3.08. The van der Waals surface area contributed by atoms with E-state index in [9.17, 15) is 18.0 Å². The van der Waals surface area contributed by atoms with Crippen LogP contribution in [0.2, 0.25) is 0 Å². The van der Waals surface area contributed by atoms with Gasteiger partial charge in [-0.2, -0.15) is 13.2 Å². The Kier molecular flexibility index (Phi) is 4.92. The number of hydrogen-bond acceptors (Lipinski definition) is 6. The van der Waals surface area contributed by atoms with Gasteiger partial charge in [0.2, 0.25) is 0 Å². The molecule has 1 aliphatic heterocycles. The van der Waals surface area contributed by atoms with Gasteiger partial charge in [-0.3, -0.25) is 19.3 Å². The van der Waals surface area contributed by atoms with Crippen molar-refractivity contribution in [3.8, 4) is 5.00 Å². The fourth-order valence-electron chi connectivity index (χ4n) is 3.32. The van der Waals surface area contributed by atoms with Crippen LogP contribution in [0.5, 0.6) is 0 Å². The summed E-state index contributed by atoms with van der Waals surface area (Å²) in [5, 5.41) is 11.1. The van der Waals surface area contributed by atoms with Crippen LogP contribution in [0.1, 0.15) is 39.3 Å². The quantitative estimate of drug-likeness (QED) is 0.686. The number of thiophene rings is 1. The minimum Gasteiger partial charge on any atom is -0.346 e. The molecule has 3 aromatic rings. The normalized spacial score (nSPS) is 15.8. The number of carbonyl (C=O) groups is 1. The fourth-order valence-corrected chi connectivity index (χ4v) is 4.54. The number of rotatable bonds is 3. The zero-order valence-electron chi connectivity index (χ0n) is 16.3. The van der Waals surface area contributed by atoms with Crippen LogP contribution >= 0.6 is 11.3 Å². The Labute approximate surface area is 173 Å². The summed E-state index contributed by atoms with van der Waals surface area (Å²) in [6, 6.07) is 2.74. The van der Waals surface area contributed by atoms with E-state index in [-0.39, 0.29) is 6.54 Å². The Morgan fingerprint density at radius 2 is 1.90 bits per heavy atom. The van der Waals surface area contributed by atoms with Crippen molar-refractivity contribution < 1.29 is 18.0 Å². The maximum Gasteiger partial charge on any atom is 0.471 e. The van der Waals surface area contributed by atoms with Crippen molar-refractivity contribution in [2.45, 2.75) is 33.0 Å². The van der Waals surface area contributed by atoms with Crippen molar-refractivity contribution in [1.29, 1.82) is 0 Å². The summed E-state index contributed by atoms with van der Waals surface area (Å²) in [4.78, 5) is 21.3. The van der Waals surface area contributed by atoms with Crippen molar-refractivity contribution >= 4 is 23.0 Å². The Balaban J connectivity index is 1.89. The molecule has 0 saturated heterocycles. The number of alkyl halides is 3. The number of aryl methyl sites for hydroxylation is 2. The number of fused-ring (bicyclic) bond motifs is 3. The third kappa shape index (κ3) is 3.38. The van der Waals surface area contributed by atoms with Gasteiger partial charge in [0.05, 0.1) is 5.71 Å². The van der Waals surface area contributed by atoms with Crippen LogP contribution in [0.15, 0.2) is 29.5 Å². The number of pyridine rings is 1. The Bertz CT molecular complexity index is 1150. The lowest BCUT2D eigenvalue weighted by Gasteiger charge is -2.14. The first-order valence-electron chi connectivity index (χ1n) is 9.04. The van der Waals surface area contributed by atoms with Gasteiger partial charge in [-0.25, -0.2) is 0 Å². The smallest absolute Gasteiger partial charge is 0.346 e. The lowest BCUT2D eigenvalue weighted by molar-refractivity contribution is -0.173. The minimum atomic E-state index is -4.97. The number of aromatic nitrogens is 4. The van der Waals surface area contributed by atoms with E-state index in [1.165, 1.54) is 11.3 Å². The highest BCUT2D eigenvalue weighted by molar-refractivity contribution is 7.15. The SMILES string of the molecule is Cc1sc2c(c1C)C(c1ccncc1)=NC(CNC(=O)C(F)(F)F)c1nnc(C)n1-2. The van der Waals surface area contributed by atoms with Gasteiger partial charge in [-0.05, 0) is 38.5 Å². The molecule has 156 valence electrons. The second-order valence-electron chi connectivity index (χ2n) is 6.84. The number of amides is 1. The second kappa shape index (κ2) is 7.31. The van der Waals surface area contributed by atoms with Gasteiger partial charge in [-0.15, -0.1) is 21.5 Å². The number of carbonyl (C=O) groups excluding carboxylic acids is 1. The first kappa shape index (κ1) is 20.2. The molecule has 0 spiro atoms. The molecular formula is C19H17F3N6OS. The highest BCUT2D eigenvalue weighted by atomic mass is 32.1. The standard InChI is InChI=1S/C19H17F3N6OS/c1-9-10(2)30-17-14(9)15(12-4-6-23-7-5-12)25-13(8-24-18(29)19(20,21)22)16-27-26-11(3)28(16)17/h4-7,13H,8H2,1-3H3,(H,24,29). The van der Waals surface area contributed by atoms with Crippen molar-refractivity contribution in [3.05, 3.63) is 57.7 Å². The first-order valence-corrected chi connectivity index (χ1v) is 9.86. The molecule has 1 atom stereocenters. The predicted octanol–water partition coefficient (Wildman–Crippen LogP) is 3.22. The van der Waals surface area contributed by atoms with E-state index in [0.717, 1.165) is 26.6 Å². The van der Waals surface area contributed by atoms with E-state index in [0.29, 0.717) is 17.4 Å². The van der Waals surface area contributed by atoms with E-state index in [2.05, 4.69) is 15.2 Å². The molecule has 30 heavy (non-hydrogen) atoms. The number of nitrogens with one attached hydrogen (secondary N) is 1. The topological polar surface area (TPSA) is 85.1 Å². The second-order valence-corrected chi connectivity index (χ2v) is 8.04. The summed E-state index contributed by atoms with van der Waals surface area (Å²) in [6.45, 7) is 5.39. The summed E-state index contributed by atoms with van der Waals surface area (Å²) >= 11 is 1.54. The van der Waals surface area contributed by atoms with Crippen LogP contribution in [0.4, 0.5) is 13.2 Å². The van der Waals surface area contributed by atoms with Crippen LogP contribution in [0, 0.1) is 20.8 Å². The van der Waals surface area contributed by atoms with Gasteiger partial charge in [0.1, 0.15) is 16.9 Å². The minimum absolute atomic E-state index is 0.363. The molecule has 0 radical (unpaired) electrons. The predicted molar refractivity (Wildman–Crippen MR) is 105 cm³/mol. The molecular weight excluding hydrogens is 417 g/mol. The maximum absolute atomic E-state index is 12.7. The summed E-state index contributed by atoms with van der Waals surface area (Å²) < 4.78 is 39.9. The van der Waals surface area contributed by atoms with Crippen molar-refractivity contribution in [2.24, 2.45) is 4.99 Å². The average Bonchev–Trinajstić information content (AvgIpc) is 3.17. The van der Waals surface area contributed by atoms with Crippen LogP contribution in [-0.4, -0.2) is 44.1 Å². The fraction of sp³-hybridized carbons (Fsp3) is 0.316. The zero-order valence-corrected chi connectivity index (χ0v) is 17.1. The monoisotopic (exact) mass is 434 g/mol. The average molecular weight is 434 g/mol. The van der Waals surface area contributed by atoms with Gasteiger partial charge in [0.15, 0.2) is 5.82 Å². The molecule has 4 heterocycles. The molecule has 0 bridgehead atoms. The van der Waals surface area contributed by atoms with Gasteiger partial charge < -0.3 is 5.32 Å². The number of aliphatic imine (C=N–C) groups is 1. The van der Waals surface area contributed by atoms with Crippen molar-refractivity contribution in [2.75, 3.05) is 6.54 Å². The highest BCUT2D eigenvalue weighted by Gasteiger charge is 2.39. The Morgan fingerprint density at radius 1 is 1.20 bits per heavy atom. The lowest BCUT2D eigenvalue weighted by atomic mass is 10.0. The van der Waals surface area contributed by atoms with Gasteiger partial charge in [0, 0.05) is 34.9 Å². The van der Waals surface area contributed by atoms with Gasteiger partial charge in [-0.1, -0.05) is 0 Å². The zero-order chi connectivity index (χ0) is 21.6. The molecule has 11 heteroatoms. The molecule has 3 aromatic heterocycles. The summed E-state index contributed by atoms with van der Waals surface area (Å²) in [5.74, 6) is -1.05. The van der Waals surface area contributed by atoms with E-state index in [1.54, 1.807) is 31.5 Å². The molecule has 1 aliphatic rings. The van der Waals surface area contributed by atoms with E-state index in [4.69, 9.17) is 4.99 Å². The lowest BCUT2D eigenvalue weighted by Crippen LogP contribution is -2.39. The molecule has 1 unspecified atom stereocenters. The maximum atomic E-state index is 12.7. The molecule has 1 N–H and O–H groups in total. The van der Waals surface area contributed by atoms with Gasteiger partial charge in [0.25, 0.3) is 0 Å². The van der Waals surface area contributed by atoms with Crippen molar-refractivity contribution in [3.63, 3.8) is 0 Å². The molecule has 0 aromatic carbocycles. The van der Waals surface area contributed by atoms with Crippen LogP contribution in [0.25, 0.3) is 5.00 Å². The third-order valence-corrected chi connectivity index (χ3v) is 6.10. The number of nitrogens with zero attached hydrogens (tertiary/aromatic N) is 5. The molecule has 4 rings (SSSR count). The molecule has 1 amide bonds. The highest BCUT2D eigenvalue weighted by Crippen LogP contribution is 2.38. The number of halogens is 3.